The van der Waals surface area contributed by atoms with Crippen LogP contribution >= 0.6 is 0 Å². The van der Waals surface area contributed by atoms with Crippen molar-refractivity contribution in [2.45, 2.75) is 19.8 Å². The summed E-state index contributed by atoms with van der Waals surface area (Å²) in [5, 5.41) is 11.8. The number of nitrogens with zero attached hydrogens (tertiary/aromatic N) is 1. The lowest BCUT2D eigenvalue weighted by Crippen LogP contribution is -2.29. The molecular weight excluding hydrogens is 332 g/mol. The second-order valence-corrected chi connectivity index (χ2v) is 6.34. The smallest absolute Gasteiger partial charge is 0.335 e. The van der Waals surface area contributed by atoms with Gasteiger partial charge in [-0.15, -0.1) is 0 Å². The molecule has 1 fully saturated rings. The zero-order valence-corrected chi connectivity index (χ0v) is 14.5. The average Bonchev–Trinajstić information content (AvgIpc) is 3.16. The molecule has 2 amide bonds. The molecule has 2 N–H and O–H groups in total. The molecule has 0 radical (unpaired) electrons. The maximum absolute atomic E-state index is 12.8. The van der Waals surface area contributed by atoms with Crippen LogP contribution in [0.15, 0.2) is 42.5 Å². The first kappa shape index (κ1) is 17.7. The van der Waals surface area contributed by atoms with Gasteiger partial charge in [0.05, 0.1) is 16.8 Å². The molecule has 6 nitrogen and oxygen atoms in total. The number of carbonyl (C=O) groups is 3. The Morgan fingerprint density at radius 2 is 1.65 bits per heavy atom. The molecular formula is C20H20N2O4. The quantitative estimate of drug-likeness (QED) is 0.885. The van der Waals surface area contributed by atoms with Gasteiger partial charge in [0.2, 0.25) is 0 Å². The summed E-state index contributed by atoms with van der Waals surface area (Å²) in [4.78, 5) is 38.3. The van der Waals surface area contributed by atoms with E-state index in [2.05, 4.69) is 5.32 Å². The maximum Gasteiger partial charge on any atom is 0.335 e. The van der Waals surface area contributed by atoms with Crippen LogP contribution in [0.2, 0.25) is 0 Å². The highest BCUT2D eigenvalue weighted by Gasteiger charge is 2.24. The first-order valence-corrected chi connectivity index (χ1v) is 8.51. The number of hydrogen-bond acceptors (Lipinski definition) is 3. The summed E-state index contributed by atoms with van der Waals surface area (Å²) >= 11 is 0. The van der Waals surface area contributed by atoms with E-state index in [1.807, 2.05) is 13.0 Å². The number of benzene rings is 2. The van der Waals surface area contributed by atoms with Crippen LogP contribution in [-0.2, 0) is 0 Å². The summed E-state index contributed by atoms with van der Waals surface area (Å²) in [5.41, 5.74) is 1.98. The number of carbonyl (C=O) groups excluding carboxylic acids is 2. The van der Waals surface area contributed by atoms with Crippen molar-refractivity contribution in [3.05, 3.63) is 64.7 Å². The van der Waals surface area contributed by atoms with E-state index in [-0.39, 0.29) is 17.0 Å². The van der Waals surface area contributed by atoms with Crippen LogP contribution in [0.1, 0.15) is 49.5 Å². The van der Waals surface area contributed by atoms with Crippen molar-refractivity contribution in [2.75, 3.05) is 18.4 Å². The third-order valence-electron chi connectivity index (χ3n) is 4.50. The van der Waals surface area contributed by atoms with Crippen LogP contribution in [0.3, 0.4) is 0 Å². The van der Waals surface area contributed by atoms with E-state index in [0.29, 0.717) is 11.3 Å². The molecule has 1 heterocycles. The third kappa shape index (κ3) is 3.59. The Balaban J connectivity index is 1.89. The summed E-state index contributed by atoms with van der Waals surface area (Å²) in [6, 6.07) is 11.1. The number of aromatic carboxylic acids is 1. The predicted molar refractivity (Wildman–Crippen MR) is 97.7 cm³/mol. The van der Waals surface area contributed by atoms with Crippen LogP contribution in [0.5, 0.6) is 0 Å². The van der Waals surface area contributed by atoms with Gasteiger partial charge in [0.15, 0.2) is 0 Å². The maximum atomic E-state index is 12.8. The van der Waals surface area contributed by atoms with Crippen LogP contribution in [-0.4, -0.2) is 40.9 Å². The van der Waals surface area contributed by atoms with Gasteiger partial charge in [0.1, 0.15) is 0 Å². The number of hydrogen-bond donors (Lipinski definition) is 2. The van der Waals surface area contributed by atoms with Crippen molar-refractivity contribution >= 4 is 23.5 Å². The molecule has 6 heteroatoms. The van der Waals surface area contributed by atoms with Gasteiger partial charge < -0.3 is 15.3 Å². The Bertz CT molecular complexity index is 870. The second kappa shape index (κ2) is 7.39. The number of carboxylic acids is 1. The topological polar surface area (TPSA) is 86.7 Å². The molecule has 0 unspecified atom stereocenters. The van der Waals surface area contributed by atoms with Crippen molar-refractivity contribution in [2.24, 2.45) is 0 Å². The molecule has 134 valence electrons. The van der Waals surface area contributed by atoms with Gasteiger partial charge in [-0.1, -0.05) is 18.2 Å². The van der Waals surface area contributed by atoms with Gasteiger partial charge >= 0.3 is 5.97 Å². The molecule has 0 aromatic heterocycles. The fourth-order valence-electron chi connectivity index (χ4n) is 3.12. The lowest BCUT2D eigenvalue weighted by atomic mass is 10.0. The van der Waals surface area contributed by atoms with E-state index >= 15 is 0 Å². The first-order chi connectivity index (χ1) is 12.5. The molecule has 0 spiro atoms. The minimum atomic E-state index is -1.10. The van der Waals surface area contributed by atoms with Gasteiger partial charge in [0, 0.05) is 18.7 Å². The Morgan fingerprint density at radius 1 is 1.00 bits per heavy atom. The summed E-state index contributed by atoms with van der Waals surface area (Å²) in [5.74, 6) is -1.63. The minimum Gasteiger partial charge on any atom is -0.478 e. The third-order valence-corrected chi connectivity index (χ3v) is 4.50. The number of nitrogens with one attached hydrogen (secondary N) is 1. The van der Waals surface area contributed by atoms with Gasteiger partial charge in [-0.25, -0.2) is 4.79 Å². The zero-order valence-electron chi connectivity index (χ0n) is 14.5. The van der Waals surface area contributed by atoms with Crippen molar-refractivity contribution in [1.82, 2.24) is 4.90 Å². The standard InChI is InChI=1S/C20H20N2O4/c1-13-6-4-9-16(17(13)19(24)22-10-2-3-11-22)21-18(23)14-7-5-8-15(12-14)20(25)26/h4-9,12H,2-3,10-11H2,1H3,(H,21,23)(H,25,26). The molecule has 0 aliphatic carbocycles. The van der Waals surface area contributed by atoms with Crippen LogP contribution in [0.25, 0.3) is 0 Å². The largest absolute Gasteiger partial charge is 0.478 e. The molecule has 0 atom stereocenters. The van der Waals surface area contributed by atoms with Crippen LogP contribution in [0, 0.1) is 6.92 Å². The fraction of sp³-hybridized carbons (Fsp3) is 0.250. The highest BCUT2D eigenvalue weighted by molar-refractivity contribution is 6.10. The van der Waals surface area contributed by atoms with E-state index in [0.717, 1.165) is 31.5 Å². The van der Waals surface area contributed by atoms with E-state index in [1.54, 1.807) is 23.1 Å². The van der Waals surface area contributed by atoms with Crippen molar-refractivity contribution in [1.29, 1.82) is 0 Å². The number of carboxylic acid groups (broad SMARTS) is 1. The molecule has 2 aromatic carbocycles. The summed E-state index contributed by atoms with van der Waals surface area (Å²) in [6.07, 6.45) is 1.97. The van der Waals surface area contributed by atoms with Gasteiger partial charge in [-0.2, -0.15) is 0 Å². The van der Waals surface area contributed by atoms with Gasteiger partial charge in [-0.3, -0.25) is 9.59 Å². The summed E-state index contributed by atoms with van der Waals surface area (Å²) < 4.78 is 0. The molecule has 26 heavy (non-hydrogen) atoms. The lowest BCUT2D eigenvalue weighted by molar-refractivity contribution is 0.0696. The molecule has 3 rings (SSSR count). The van der Waals surface area contributed by atoms with E-state index < -0.39 is 11.9 Å². The Morgan fingerprint density at radius 3 is 2.35 bits per heavy atom. The normalized spacial score (nSPS) is 13.5. The number of amides is 2. The van der Waals surface area contributed by atoms with Gasteiger partial charge in [-0.05, 0) is 49.6 Å². The summed E-state index contributed by atoms with van der Waals surface area (Å²) in [6.45, 7) is 3.28. The number of rotatable bonds is 4. The second-order valence-electron chi connectivity index (χ2n) is 6.34. The molecule has 1 saturated heterocycles. The van der Waals surface area contributed by atoms with Crippen LogP contribution < -0.4 is 5.32 Å². The number of aryl methyl sites for hydroxylation is 1. The molecule has 0 saturated carbocycles. The monoisotopic (exact) mass is 352 g/mol. The van der Waals surface area contributed by atoms with Crippen molar-refractivity contribution in [3.63, 3.8) is 0 Å². The van der Waals surface area contributed by atoms with E-state index in [9.17, 15) is 14.4 Å². The van der Waals surface area contributed by atoms with Gasteiger partial charge in [0.25, 0.3) is 11.8 Å². The minimum absolute atomic E-state index is 0.0373. The fourth-order valence-corrected chi connectivity index (χ4v) is 3.12. The van der Waals surface area contributed by atoms with Crippen molar-refractivity contribution < 1.29 is 19.5 Å². The Labute approximate surface area is 151 Å². The number of anilines is 1. The average molecular weight is 352 g/mol. The molecule has 1 aliphatic heterocycles. The molecule has 1 aliphatic rings. The lowest BCUT2D eigenvalue weighted by Gasteiger charge is -2.19. The summed E-state index contributed by atoms with van der Waals surface area (Å²) in [7, 11) is 0. The highest BCUT2D eigenvalue weighted by atomic mass is 16.4. The van der Waals surface area contributed by atoms with Crippen LogP contribution in [0.4, 0.5) is 5.69 Å². The number of likely N-dealkylation sites (tertiary alicyclic amines) is 1. The predicted octanol–water partition coefficient (Wildman–Crippen LogP) is 3.18. The molecule has 0 bridgehead atoms. The van der Waals surface area contributed by atoms with E-state index in [4.69, 9.17) is 5.11 Å². The van der Waals surface area contributed by atoms with Crippen molar-refractivity contribution in [3.8, 4) is 0 Å². The molecule has 2 aromatic rings. The first-order valence-electron chi connectivity index (χ1n) is 8.51. The Kier molecular flexibility index (Phi) is 5.02. The Hall–Kier alpha value is -3.15. The van der Waals surface area contributed by atoms with E-state index in [1.165, 1.54) is 18.2 Å². The zero-order chi connectivity index (χ0) is 18.7. The SMILES string of the molecule is Cc1cccc(NC(=O)c2cccc(C(=O)O)c2)c1C(=O)N1CCCC1. The highest BCUT2D eigenvalue weighted by Crippen LogP contribution is 2.24.